The number of ether oxygens (including phenoxy) is 1. The summed E-state index contributed by atoms with van der Waals surface area (Å²) in [5, 5.41) is 3.10. The van der Waals surface area contributed by atoms with Crippen molar-refractivity contribution in [2.45, 2.75) is 25.4 Å². The Bertz CT molecular complexity index is 493. The molecule has 1 N–H and O–H groups in total. The Kier molecular flexibility index (Phi) is 7.69. The van der Waals surface area contributed by atoms with Crippen LogP contribution in [0.4, 0.5) is 0 Å². The molecule has 1 fully saturated rings. The van der Waals surface area contributed by atoms with E-state index in [2.05, 4.69) is 46.3 Å². The number of nitrogens with one attached hydrogen (secondary N) is 1. The molecule has 1 aliphatic rings. The third kappa shape index (κ3) is 6.23. The molecule has 134 valence electrons. The standard InChI is InChI=1S/C19H31N3O2/c1-4-16(17-8-6-5-7-9-17)12-20-19(23)15-22-10-11-24-18(14-22)13-21(2)3/h5-9,16,18H,4,10-15H2,1-3H3,(H,20,23)/t16-,18+/m1/s1. The van der Waals surface area contributed by atoms with E-state index in [4.69, 9.17) is 4.74 Å². The summed E-state index contributed by atoms with van der Waals surface area (Å²) < 4.78 is 5.76. The molecule has 1 saturated heterocycles. The molecule has 0 radical (unpaired) electrons. The van der Waals surface area contributed by atoms with Crippen LogP contribution in [0.5, 0.6) is 0 Å². The number of nitrogens with zero attached hydrogens (tertiary/aromatic N) is 2. The molecule has 0 aromatic heterocycles. The van der Waals surface area contributed by atoms with Crippen molar-refractivity contribution in [3.05, 3.63) is 35.9 Å². The highest BCUT2D eigenvalue weighted by molar-refractivity contribution is 5.78. The van der Waals surface area contributed by atoms with E-state index in [1.54, 1.807) is 0 Å². The van der Waals surface area contributed by atoms with Gasteiger partial charge < -0.3 is 15.0 Å². The lowest BCUT2D eigenvalue weighted by Crippen LogP contribution is -2.49. The summed E-state index contributed by atoms with van der Waals surface area (Å²) in [6.45, 7) is 6.56. The van der Waals surface area contributed by atoms with E-state index in [-0.39, 0.29) is 12.0 Å². The lowest BCUT2D eigenvalue weighted by atomic mass is 9.96. The summed E-state index contributed by atoms with van der Waals surface area (Å²) >= 11 is 0. The van der Waals surface area contributed by atoms with Gasteiger partial charge in [-0.15, -0.1) is 0 Å². The molecule has 5 nitrogen and oxygen atoms in total. The molecule has 1 heterocycles. The van der Waals surface area contributed by atoms with Crippen molar-refractivity contribution in [2.24, 2.45) is 0 Å². The van der Waals surface area contributed by atoms with Gasteiger partial charge in [-0.2, -0.15) is 0 Å². The van der Waals surface area contributed by atoms with Crippen LogP contribution >= 0.6 is 0 Å². The fraction of sp³-hybridized carbons (Fsp3) is 0.632. The molecule has 0 unspecified atom stereocenters. The Morgan fingerprint density at radius 2 is 2.12 bits per heavy atom. The highest BCUT2D eigenvalue weighted by Crippen LogP contribution is 2.17. The molecule has 0 spiro atoms. The molecular weight excluding hydrogens is 302 g/mol. The number of carbonyl (C=O) groups is 1. The third-order valence-corrected chi connectivity index (χ3v) is 4.47. The Morgan fingerprint density at radius 3 is 2.79 bits per heavy atom. The van der Waals surface area contributed by atoms with Crippen LogP contribution in [0.3, 0.4) is 0 Å². The van der Waals surface area contributed by atoms with Gasteiger partial charge in [-0.1, -0.05) is 37.3 Å². The number of amides is 1. The van der Waals surface area contributed by atoms with E-state index in [0.717, 1.165) is 26.1 Å². The van der Waals surface area contributed by atoms with Gasteiger partial charge in [0, 0.05) is 32.1 Å². The van der Waals surface area contributed by atoms with Gasteiger partial charge in [0.15, 0.2) is 0 Å². The fourth-order valence-corrected chi connectivity index (χ4v) is 3.16. The molecule has 2 rings (SSSR count). The second-order valence-corrected chi connectivity index (χ2v) is 6.81. The number of likely N-dealkylation sites (N-methyl/N-ethyl adjacent to an activating group) is 1. The molecule has 1 aromatic carbocycles. The lowest BCUT2D eigenvalue weighted by molar-refractivity contribution is -0.124. The zero-order valence-corrected chi connectivity index (χ0v) is 15.2. The highest BCUT2D eigenvalue weighted by atomic mass is 16.5. The summed E-state index contributed by atoms with van der Waals surface area (Å²) in [7, 11) is 4.09. The molecule has 1 amide bonds. The van der Waals surface area contributed by atoms with Crippen molar-refractivity contribution >= 4 is 5.91 Å². The second kappa shape index (κ2) is 9.77. The first-order valence-corrected chi connectivity index (χ1v) is 8.88. The van der Waals surface area contributed by atoms with Crippen LogP contribution in [-0.2, 0) is 9.53 Å². The molecule has 1 aliphatic heterocycles. The van der Waals surface area contributed by atoms with E-state index in [1.807, 2.05) is 20.2 Å². The zero-order chi connectivity index (χ0) is 17.4. The van der Waals surface area contributed by atoms with Crippen molar-refractivity contribution in [2.75, 3.05) is 53.4 Å². The maximum atomic E-state index is 12.3. The normalized spacial score (nSPS) is 20.1. The van der Waals surface area contributed by atoms with Crippen LogP contribution in [0.2, 0.25) is 0 Å². The zero-order valence-electron chi connectivity index (χ0n) is 15.2. The molecule has 0 aliphatic carbocycles. The van der Waals surface area contributed by atoms with Crippen LogP contribution in [-0.4, -0.2) is 75.2 Å². The minimum Gasteiger partial charge on any atom is -0.374 e. The van der Waals surface area contributed by atoms with Gasteiger partial charge in [0.1, 0.15) is 0 Å². The van der Waals surface area contributed by atoms with Crippen molar-refractivity contribution in [1.82, 2.24) is 15.1 Å². The Morgan fingerprint density at radius 1 is 1.38 bits per heavy atom. The number of carbonyl (C=O) groups excluding carboxylic acids is 1. The summed E-state index contributed by atoms with van der Waals surface area (Å²) in [5.41, 5.74) is 1.29. The molecule has 24 heavy (non-hydrogen) atoms. The Balaban J connectivity index is 1.76. The van der Waals surface area contributed by atoms with Crippen molar-refractivity contribution < 1.29 is 9.53 Å². The summed E-state index contributed by atoms with van der Waals surface area (Å²) in [4.78, 5) is 16.6. The molecule has 0 bridgehead atoms. The fourth-order valence-electron chi connectivity index (χ4n) is 3.16. The van der Waals surface area contributed by atoms with Crippen molar-refractivity contribution in [3.8, 4) is 0 Å². The average molecular weight is 333 g/mol. The predicted octanol–water partition coefficient (Wildman–Crippen LogP) is 1.56. The van der Waals surface area contributed by atoms with Crippen LogP contribution < -0.4 is 5.32 Å². The maximum absolute atomic E-state index is 12.3. The molecule has 5 heteroatoms. The van der Waals surface area contributed by atoms with Gasteiger partial charge in [0.25, 0.3) is 0 Å². The quantitative estimate of drug-likeness (QED) is 0.784. The topological polar surface area (TPSA) is 44.8 Å². The molecule has 0 saturated carbocycles. The number of hydrogen-bond acceptors (Lipinski definition) is 4. The van der Waals surface area contributed by atoms with E-state index < -0.39 is 0 Å². The minimum absolute atomic E-state index is 0.106. The van der Waals surface area contributed by atoms with Crippen LogP contribution in [0.15, 0.2) is 30.3 Å². The summed E-state index contributed by atoms with van der Waals surface area (Å²) in [6, 6.07) is 10.4. The highest BCUT2D eigenvalue weighted by Gasteiger charge is 2.22. The SMILES string of the molecule is CC[C@H](CNC(=O)CN1CCO[C@@H](CN(C)C)C1)c1ccccc1. The van der Waals surface area contributed by atoms with E-state index in [0.29, 0.717) is 25.6 Å². The molecular formula is C19H31N3O2. The number of benzene rings is 1. The Hall–Kier alpha value is -1.43. The second-order valence-electron chi connectivity index (χ2n) is 6.81. The van der Waals surface area contributed by atoms with Crippen molar-refractivity contribution in [1.29, 1.82) is 0 Å². The molecule has 1 aromatic rings. The summed E-state index contributed by atoms with van der Waals surface area (Å²) in [6.07, 6.45) is 1.21. The average Bonchev–Trinajstić information content (AvgIpc) is 2.56. The van der Waals surface area contributed by atoms with Crippen molar-refractivity contribution in [3.63, 3.8) is 0 Å². The number of morpholine rings is 1. The van der Waals surface area contributed by atoms with Crippen LogP contribution in [0.25, 0.3) is 0 Å². The van der Waals surface area contributed by atoms with Gasteiger partial charge in [0.2, 0.25) is 5.91 Å². The van der Waals surface area contributed by atoms with Gasteiger partial charge in [-0.25, -0.2) is 0 Å². The third-order valence-electron chi connectivity index (χ3n) is 4.47. The first-order valence-electron chi connectivity index (χ1n) is 8.88. The van der Waals surface area contributed by atoms with Gasteiger partial charge in [0.05, 0.1) is 19.3 Å². The van der Waals surface area contributed by atoms with Gasteiger partial charge in [-0.3, -0.25) is 9.69 Å². The van der Waals surface area contributed by atoms with E-state index >= 15 is 0 Å². The van der Waals surface area contributed by atoms with Crippen LogP contribution in [0, 0.1) is 0 Å². The lowest BCUT2D eigenvalue weighted by Gasteiger charge is -2.33. The van der Waals surface area contributed by atoms with Crippen LogP contribution in [0.1, 0.15) is 24.8 Å². The minimum atomic E-state index is 0.106. The largest absolute Gasteiger partial charge is 0.374 e. The monoisotopic (exact) mass is 333 g/mol. The van der Waals surface area contributed by atoms with Gasteiger partial charge in [-0.05, 0) is 26.1 Å². The first-order chi connectivity index (χ1) is 11.6. The van der Waals surface area contributed by atoms with E-state index in [1.165, 1.54) is 5.56 Å². The number of hydrogen-bond donors (Lipinski definition) is 1. The summed E-state index contributed by atoms with van der Waals surface area (Å²) in [5.74, 6) is 0.483. The maximum Gasteiger partial charge on any atom is 0.234 e. The molecule has 2 atom stereocenters. The van der Waals surface area contributed by atoms with Gasteiger partial charge >= 0.3 is 0 Å². The smallest absolute Gasteiger partial charge is 0.234 e. The Labute approximate surface area is 146 Å². The number of rotatable bonds is 8. The first kappa shape index (κ1) is 18.9. The van der Waals surface area contributed by atoms with E-state index in [9.17, 15) is 4.79 Å². The predicted molar refractivity (Wildman–Crippen MR) is 97.2 cm³/mol.